The first kappa shape index (κ1) is 65.9. The van der Waals surface area contributed by atoms with Crippen LogP contribution in [0.5, 0.6) is 40.2 Å². The van der Waals surface area contributed by atoms with E-state index in [0.717, 1.165) is 42.0 Å². The van der Waals surface area contributed by atoms with Gasteiger partial charge in [-0.3, -0.25) is 29.8 Å². The normalized spacial score (nSPS) is 10.9. The van der Waals surface area contributed by atoms with Gasteiger partial charge in [-0.2, -0.15) is 39.5 Å². The standard InChI is InChI=1S/C22H16F3NO4.C22H18F3NO2.C12H10N2O3.C8H4F3NO/c23-22(24,25)17-5-1-3-15(11-17)12-19(27)13-16-4-2-6-21(14-16)30-20-9-7-18(8-10-20)26(28)29;23-22(24,25)17-5-1-3-15(11-17)12-19(27)13-16-4-2-6-21(14-16)28-20-9-7-18(26)8-10-20;13-9-2-1-3-12(8-9)17-11-6-4-10(5-7-11)14(15)16;9-8(10,11)6-2-1-3-7(4-6)13-5-12/h1-11,14H,12-13H2;1-11,14H,12-13,26H2;1-8H,13H2;1-4H. The molecule has 0 fully saturated rings. The number of ketones is 2. The summed E-state index contributed by atoms with van der Waals surface area (Å²) in [5.41, 5.74) is 12.1. The Bertz CT molecular complexity index is 3880. The van der Waals surface area contributed by atoms with Crippen molar-refractivity contribution in [2.45, 2.75) is 44.2 Å². The Morgan fingerprint density at radius 2 is 0.693 bits per heavy atom. The molecule has 24 heteroatoms. The van der Waals surface area contributed by atoms with Gasteiger partial charge in [0.2, 0.25) is 0 Å². The number of nitrogens with two attached hydrogens (primary N) is 2. The zero-order valence-corrected chi connectivity index (χ0v) is 45.6. The molecule has 0 unspecified atom stereocenters. The zero-order chi connectivity index (χ0) is 64.0. The number of hydrogen-bond donors (Lipinski definition) is 2. The fourth-order valence-electron chi connectivity index (χ4n) is 7.77. The fourth-order valence-corrected chi connectivity index (χ4v) is 7.77. The fraction of sp³-hybridized carbons (Fsp3) is 0.109. The molecule has 0 bridgehead atoms. The molecule has 0 aliphatic heterocycles. The van der Waals surface area contributed by atoms with Crippen LogP contribution in [0.4, 0.5) is 62.3 Å². The van der Waals surface area contributed by atoms with Gasteiger partial charge < -0.3 is 30.4 Å². The van der Waals surface area contributed by atoms with E-state index in [1.807, 2.05) is 0 Å². The summed E-state index contributed by atoms with van der Waals surface area (Å²) in [6.07, 6.45) is -12.0. The lowest BCUT2D eigenvalue weighted by atomic mass is 10.0. The highest BCUT2D eigenvalue weighted by Gasteiger charge is 2.32. The van der Waals surface area contributed by atoms with E-state index in [1.165, 1.54) is 79.1 Å². The van der Waals surface area contributed by atoms with E-state index in [-0.39, 0.29) is 54.4 Å². The van der Waals surface area contributed by atoms with Gasteiger partial charge in [0.05, 0.1) is 26.5 Å². The Morgan fingerprint density at radius 3 is 1.05 bits per heavy atom. The monoisotopic (exact) mass is 1220 g/mol. The lowest BCUT2D eigenvalue weighted by molar-refractivity contribution is -0.385. The highest BCUT2D eigenvalue weighted by Crippen LogP contribution is 2.34. The van der Waals surface area contributed by atoms with E-state index in [0.29, 0.717) is 62.6 Å². The maximum atomic E-state index is 12.8. The van der Waals surface area contributed by atoms with Gasteiger partial charge in [0.1, 0.15) is 51.8 Å². The van der Waals surface area contributed by atoms with Gasteiger partial charge in [-0.15, -0.1) is 5.26 Å². The summed E-state index contributed by atoms with van der Waals surface area (Å²) >= 11 is 0. The third-order valence-corrected chi connectivity index (χ3v) is 11.8. The number of nitro benzene ring substituents is 2. The van der Waals surface area contributed by atoms with Crippen molar-refractivity contribution in [3.05, 3.63) is 278 Å². The van der Waals surface area contributed by atoms with E-state index >= 15 is 0 Å². The number of non-ortho nitro benzene ring substituents is 2. The average Bonchev–Trinajstić information content (AvgIpc) is 3.66. The summed E-state index contributed by atoms with van der Waals surface area (Å²) in [4.78, 5) is 44.8. The number of nitrogen functional groups attached to an aromatic ring is 2. The molecule has 452 valence electrons. The minimum atomic E-state index is -4.46. The number of alkyl halides is 9. The van der Waals surface area contributed by atoms with Crippen molar-refractivity contribution >= 4 is 34.3 Å². The van der Waals surface area contributed by atoms with E-state index in [9.17, 15) is 69.3 Å². The van der Waals surface area contributed by atoms with E-state index in [1.54, 1.807) is 109 Å². The van der Waals surface area contributed by atoms with Crippen molar-refractivity contribution in [1.82, 2.24) is 0 Å². The number of carbonyl (C=O) groups is 2. The number of anilines is 2. The molecule has 9 rings (SSSR count). The molecule has 0 spiro atoms. The van der Waals surface area contributed by atoms with Gasteiger partial charge in [0.15, 0.2) is 0 Å². The second-order valence-electron chi connectivity index (χ2n) is 18.6. The number of nitro groups is 2. The molecule has 0 saturated heterocycles. The van der Waals surface area contributed by atoms with Crippen molar-refractivity contribution < 1.29 is 77.9 Å². The molecule has 9 aromatic carbocycles. The molecule has 4 N–H and O–H groups in total. The number of Topliss-reactive ketones (excluding diaryl/α,β-unsaturated/α-hetero) is 2. The number of nitrogens with zero attached hydrogens (tertiary/aromatic N) is 3. The molecule has 15 nitrogen and oxygen atoms in total. The number of hydrogen-bond acceptors (Lipinski definition) is 13. The van der Waals surface area contributed by atoms with Gasteiger partial charge >= 0.3 is 18.5 Å². The van der Waals surface area contributed by atoms with Crippen molar-refractivity contribution in [3.8, 4) is 46.5 Å². The largest absolute Gasteiger partial charge is 0.457 e. The quantitative estimate of drug-likeness (QED) is 0.0284. The molecule has 0 saturated carbocycles. The van der Waals surface area contributed by atoms with Gasteiger partial charge in [-0.1, -0.05) is 72.8 Å². The number of halogens is 9. The second-order valence-corrected chi connectivity index (χ2v) is 18.6. The Kier molecular flexibility index (Phi) is 22.9. The summed E-state index contributed by atoms with van der Waals surface area (Å²) in [7, 11) is 0. The number of rotatable bonds is 17. The first-order chi connectivity index (χ1) is 41.7. The van der Waals surface area contributed by atoms with Crippen LogP contribution in [0.15, 0.2) is 218 Å². The van der Waals surface area contributed by atoms with Crippen LogP contribution in [0.1, 0.15) is 38.9 Å². The van der Waals surface area contributed by atoms with E-state index in [2.05, 4.69) is 4.74 Å². The molecule has 0 radical (unpaired) electrons. The number of nitriles is 1. The molecule has 0 amide bonds. The van der Waals surface area contributed by atoms with Crippen LogP contribution in [0, 0.1) is 31.7 Å². The smallest absolute Gasteiger partial charge is 0.416 e. The highest BCUT2D eigenvalue weighted by molar-refractivity contribution is 5.84. The van der Waals surface area contributed by atoms with E-state index < -0.39 is 45.1 Å². The number of benzene rings is 9. The molecule has 0 atom stereocenters. The molecule has 0 heterocycles. The number of ether oxygens (including phenoxy) is 4. The molecule has 0 aliphatic rings. The second kappa shape index (κ2) is 30.5. The van der Waals surface area contributed by atoms with E-state index in [4.69, 9.17) is 30.9 Å². The molecule has 9 aromatic rings. The lowest BCUT2D eigenvalue weighted by Crippen LogP contribution is -2.09. The summed E-state index contributed by atoms with van der Waals surface area (Å²) in [6, 6.07) is 52.7. The van der Waals surface area contributed by atoms with Crippen LogP contribution in [-0.4, -0.2) is 21.4 Å². The average molecular weight is 1220 g/mol. The number of carbonyl (C=O) groups excluding carboxylic acids is 2. The van der Waals surface area contributed by atoms with Crippen molar-refractivity contribution in [3.63, 3.8) is 0 Å². The van der Waals surface area contributed by atoms with Gasteiger partial charge in [-0.25, -0.2) is 0 Å². The Balaban J connectivity index is 0.000000196. The van der Waals surface area contributed by atoms with Crippen LogP contribution >= 0.6 is 0 Å². The molecule has 88 heavy (non-hydrogen) atoms. The van der Waals surface area contributed by atoms with Crippen LogP contribution in [0.25, 0.3) is 0 Å². The summed E-state index contributed by atoms with van der Waals surface area (Å²) < 4.78 is 134. The first-order valence-electron chi connectivity index (χ1n) is 25.7. The Hall–Kier alpha value is -11.2. The predicted octanol–water partition coefficient (Wildman–Crippen LogP) is 16.7. The van der Waals surface area contributed by atoms with Crippen LogP contribution in [-0.2, 0) is 53.8 Å². The van der Waals surface area contributed by atoms with Gasteiger partial charge in [0, 0.05) is 67.4 Å². The topological polar surface area (TPSA) is 233 Å². The molecule has 0 aliphatic carbocycles. The maximum Gasteiger partial charge on any atom is 0.416 e. The molecular weight excluding hydrogens is 1170 g/mol. The van der Waals surface area contributed by atoms with Gasteiger partial charge in [0.25, 0.3) is 17.6 Å². The third-order valence-electron chi connectivity index (χ3n) is 11.8. The molecule has 0 aromatic heterocycles. The Morgan fingerprint density at radius 1 is 0.386 bits per heavy atom. The minimum absolute atomic E-state index is 0.0323. The van der Waals surface area contributed by atoms with Crippen LogP contribution in [0.2, 0.25) is 0 Å². The summed E-state index contributed by atoms with van der Waals surface area (Å²) in [5, 5.41) is 29.2. The SMILES string of the molecule is N#COc1cccc(C(F)(F)F)c1.Nc1ccc(Oc2cccc(CC(=O)Cc3cccc(C(F)(F)F)c3)c2)cc1.Nc1cccc(Oc2ccc([N+](=O)[O-])cc2)c1.O=C(Cc1cccc(Oc2ccc([N+](=O)[O-])cc2)c1)Cc1cccc(C(F)(F)F)c1. The third kappa shape index (κ3) is 22.1. The van der Waals surface area contributed by atoms with Crippen LogP contribution in [0.3, 0.4) is 0 Å². The maximum absolute atomic E-state index is 12.8. The minimum Gasteiger partial charge on any atom is -0.457 e. The van der Waals surface area contributed by atoms with Crippen LogP contribution < -0.4 is 30.4 Å². The van der Waals surface area contributed by atoms with Crippen molar-refractivity contribution in [2.75, 3.05) is 11.5 Å². The summed E-state index contributed by atoms with van der Waals surface area (Å²) in [6.45, 7) is 0. The van der Waals surface area contributed by atoms with Crippen molar-refractivity contribution in [1.29, 1.82) is 5.26 Å². The lowest BCUT2D eigenvalue weighted by Gasteiger charge is -2.09. The summed E-state index contributed by atoms with van der Waals surface area (Å²) in [5.74, 6) is 2.61. The first-order valence-corrected chi connectivity index (χ1v) is 25.7. The zero-order valence-electron chi connectivity index (χ0n) is 45.6. The highest BCUT2D eigenvalue weighted by atomic mass is 19.4. The van der Waals surface area contributed by atoms with Gasteiger partial charge in [-0.05, 0) is 138 Å². The Labute approximate surface area is 495 Å². The van der Waals surface area contributed by atoms with Crippen molar-refractivity contribution in [2.24, 2.45) is 0 Å². The molecular formula is C64H48F9N5O10. The predicted molar refractivity (Wildman–Crippen MR) is 306 cm³/mol.